The zero-order valence-corrected chi connectivity index (χ0v) is 13.0. The van der Waals surface area contributed by atoms with E-state index in [1.54, 1.807) is 0 Å². The average molecular weight is 301 g/mol. The Labute approximate surface area is 130 Å². The number of nitrogens with one attached hydrogen (secondary N) is 1. The van der Waals surface area contributed by atoms with E-state index in [-0.39, 0.29) is 5.91 Å². The molecule has 2 aromatic heterocycles. The van der Waals surface area contributed by atoms with E-state index in [9.17, 15) is 4.79 Å². The van der Waals surface area contributed by atoms with Crippen LogP contribution in [0, 0.1) is 0 Å². The minimum Gasteiger partial charge on any atom is -0.355 e. The van der Waals surface area contributed by atoms with Gasteiger partial charge < -0.3 is 9.72 Å². The van der Waals surface area contributed by atoms with E-state index >= 15 is 0 Å². The number of hydrogen-bond acceptors (Lipinski definition) is 4. The topological polar surface area (TPSA) is 52.9 Å². The molecule has 0 saturated carbocycles. The van der Waals surface area contributed by atoms with Crippen molar-refractivity contribution in [2.24, 2.45) is 0 Å². The van der Waals surface area contributed by atoms with Gasteiger partial charge in [0.15, 0.2) is 0 Å². The van der Waals surface area contributed by atoms with Gasteiger partial charge in [0.25, 0.3) is 0 Å². The Morgan fingerprint density at radius 2 is 2.00 bits per heavy atom. The molecule has 3 rings (SSSR count). The highest BCUT2D eigenvalue weighted by Crippen LogP contribution is 2.09. The minimum atomic E-state index is 0.122. The highest BCUT2D eigenvalue weighted by molar-refractivity contribution is 5.77. The zero-order valence-electron chi connectivity index (χ0n) is 13.0. The van der Waals surface area contributed by atoms with Gasteiger partial charge in [-0.15, -0.1) is 0 Å². The van der Waals surface area contributed by atoms with E-state index in [0.717, 1.165) is 44.1 Å². The van der Waals surface area contributed by atoms with Crippen LogP contribution < -0.4 is 5.32 Å². The van der Waals surface area contributed by atoms with Crippen LogP contribution in [0.25, 0.3) is 5.65 Å². The third-order valence-electron chi connectivity index (χ3n) is 4.01. The average Bonchev–Trinajstić information content (AvgIpc) is 2.91. The molecule has 2 aromatic rings. The second-order valence-corrected chi connectivity index (χ2v) is 5.70. The van der Waals surface area contributed by atoms with Crippen molar-refractivity contribution in [1.29, 1.82) is 0 Å². The molecule has 6 heteroatoms. The Bertz CT molecular complexity index is 597. The first-order valence-corrected chi connectivity index (χ1v) is 7.88. The van der Waals surface area contributed by atoms with Crippen LogP contribution in [0.2, 0.25) is 0 Å². The van der Waals surface area contributed by atoms with E-state index < -0.39 is 0 Å². The summed E-state index contributed by atoms with van der Waals surface area (Å²) in [6.45, 7) is 7.86. The molecule has 0 unspecified atom stereocenters. The molecule has 0 radical (unpaired) electrons. The van der Waals surface area contributed by atoms with Gasteiger partial charge in [-0.05, 0) is 19.1 Å². The molecule has 0 aliphatic carbocycles. The Morgan fingerprint density at radius 1 is 1.23 bits per heavy atom. The van der Waals surface area contributed by atoms with Gasteiger partial charge in [0.2, 0.25) is 5.91 Å². The van der Waals surface area contributed by atoms with Gasteiger partial charge in [-0.3, -0.25) is 14.6 Å². The lowest BCUT2D eigenvalue weighted by Crippen LogP contribution is -2.49. The van der Waals surface area contributed by atoms with Gasteiger partial charge >= 0.3 is 0 Å². The third-order valence-corrected chi connectivity index (χ3v) is 4.01. The van der Waals surface area contributed by atoms with E-state index in [4.69, 9.17) is 0 Å². The highest BCUT2D eigenvalue weighted by Gasteiger charge is 2.19. The number of piperazine rings is 1. The minimum absolute atomic E-state index is 0.122. The molecule has 1 aliphatic heterocycles. The first-order valence-electron chi connectivity index (χ1n) is 7.88. The van der Waals surface area contributed by atoms with Crippen molar-refractivity contribution in [3.8, 4) is 0 Å². The van der Waals surface area contributed by atoms with E-state index in [1.807, 2.05) is 31.3 Å². The Hall–Kier alpha value is -1.92. The van der Waals surface area contributed by atoms with Crippen molar-refractivity contribution in [1.82, 2.24) is 24.5 Å². The molecule has 1 saturated heterocycles. The van der Waals surface area contributed by atoms with Crippen LogP contribution in [0.3, 0.4) is 0 Å². The fourth-order valence-electron chi connectivity index (χ4n) is 2.85. The molecule has 1 amide bonds. The first kappa shape index (κ1) is 15.0. The van der Waals surface area contributed by atoms with Gasteiger partial charge in [-0.1, -0.05) is 6.07 Å². The van der Waals surface area contributed by atoms with Crippen LogP contribution in [0.4, 0.5) is 0 Å². The maximum absolute atomic E-state index is 11.6. The maximum atomic E-state index is 11.6. The summed E-state index contributed by atoms with van der Waals surface area (Å²) in [5.41, 5.74) is 2.09. The summed E-state index contributed by atoms with van der Waals surface area (Å²) in [5, 5.41) is 2.85. The lowest BCUT2D eigenvalue weighted by Gasteiger charge is -2.33. The van der Waals surface area contributed by atoms with Crippen molar-refractivity contribution in [2.45, 2.75) is 13.5 Å². The number of nitrogens with zero attached hydrogens (tertiary/aromatic N) is 4. The van der Waals surface area contributed by atoms with Crippen molar-refractivity contribution in [2.75, 3.05) is 39.3 Å². The summed E-state index contributed by atoms with van der Waals surface area (Å²) >= 11 is 0. The van der Waals surface area contributed by atoms with Gasteiger partial charge in [0.05, 0.1) is 12.2 Å². The third kappa shape index (κ3) is 3.64. The normalized spacial score (nSPS) is 17.0. The number of rotatable bonds is 5. The first-order chi connectivity index (χ1) is 10.7. The number of imidazole rings is 1. The van der Waals surface area contributed by atoms with Crippen molar-refractivity contribution in [3.63, 3.8) is 0 Å². The molecule has 0 bridgehead atoms. The van der Waals surface area contributed by atoms with Gasteiger partial charge in [0.1, 0.15) is 5.65 Å². The van der Waals surface area contributed by atoms with E-state index in [2.05, 4.69) is 30.7 Å². The predicted molar refractivity (Wildman–Crippen MR) is 85.6 cm³/mol. The molecule has 1 N–H and O–H groups in total. The predicted octanol–water partition coefficient (Wildman–Crippen LogP) is 0.588. The van der Waals surface area contributed by atoms with Gasteiger partial charge in [-0.2, -0.15) is 0 Å². The summed E-state index contributed by atoms with van der Waals surface area (Å²) in [4.78, 5) is 20.9. The van der Waals surface area contributed by atoms with Gasteiger partial charge in [-0.25, -0.2) is 4.98 Å². The zero-order chi connectivity index (χ0) is 15.4. The van der Waals surface area contributed by atoms with E-state index in [0.29, 0.717) is 13.1 Å². The molecule has 1 aliphatic rings. The summed E-state index contributed by atoms with van der Waals surface area (Å²) in [6, 6.07) is 6.04. The van der Waals surface area contributed by atoms with Crippen LogP contribution in [-0.4, -0.2) is 64.4 Å². The van der Waals surface area contributed by atoms with Crippen molar-refractivity contribution >= 4 is 11.6 Å². The second-order valence-electron chi connectivity index (χ2n) is 5.70. The largest absolute Gasteiger partial charge is 0.355 e. The lowest BCUT2D eigenvalue weighted by atomic mass is 10.3. The molecule has 0 spiro atoms. The fraction of sp³-hybridized carbons (Fsp3) is 0.500. The molecular weight excluding hydrogens is 278 g/mol. The molecule has 0 atom stereocenters. The highest BCUT2D eigenvalue weighted by atomic mass is 16.2. The Kier molecular flexibility index (Phi) is 4.70. The summed E-state index contributed by atoms with van der Waals surface area (Å²) < 4.78 is 2.06. The van der Waals surface area contributed by atoms with Crippen LogP contribution in [0.15, 0.2) is 30.6 Å². The van der Waals surface area contributed by atoms with Crippen molar-refractivity contribution in [3.05, 3.63) is 36.3 Å². The number of amides is 1. The summed E-state index contributed by atoms with van der Waals surface area (Å²) in [5.74, 6) is 0.122. The SMILES string of the molecule is CCNC(=O)CN1CCN(Cc2cn3ccccc3n2)CC1. The monoisotopic (exact) mass is 301 g/mol. The number of carbonyl (C=O) groups excluding carboxylic acids is 1. The fourth-order valence-corrected chi connectivity index (χ4v) is 2.85. The quantitative estimate of drug-likeness (QED) is 0.878. The Balaban J connectivity index is 1.50. The number of pyridine rings is 1. The standard InChI is InChI=1S/C16H23N5O/c1-2-17-16(22)13-20-9-7-19(8-10-20)11-14-12-21-6-4-3-5-15(21)18-14/h3-6,12H,2,7-11,13H2,1H3,(H,17,22). The molecular formula is C16H23N5O. The Morgan fingerprint density at radius 3 is 2.73 bits per heavy atom. The number of aromatic nitrogens is 2. The molecule has 118 valence electrons. The molecule has 22 heavy (non-hydrogen) atoms. The molecule has 0 aromatic carbocycles. The van der Waals surface area contributed by atoms with Crippen LogP contribution in [0.5, 0.6) is 0 Å². The lowest BCUT2D eigenvalue weighted by molar-refractivity contribution is -0.122. The smallest absolute Gasteiger partial charge is 0.234 e. The van der Waals surface area contributed by atoms with Gasteiger partial charge in [0, 0.05) is 51.7 Å². The summed E-state index contributed by atoms with van der Waals surface area (Å²) in [7, 11) is 0. The maximum Gasteiger partial charge on any atom is 0.234 e. The molecule has 3 heterocycles. The second kappa shape index (κ2) is 6.89. The van der Waals surface area contributed by atoms with Crippen LogP contribution in [0.1, 0.15) is 12.6 Å². The molecule has 6 nitrogen and oxygen atoms in total. The van der Waals surface area contributed by atoms with E-state index in [1.165, 1.54) is 0 Å². The van der Waals surface area contributed by atoms with Crippen LogP contribution in [-0.2, 0) is 11.3 Å². The van der Waals surface area contributed by atoms with Crippen LogP contribution >= 0.6 is 0 Å². The summed E-state index contributed by atoms with van der Waals surface area (Å²) in [6.07, 6.45) is 4.12. The number of fused-ring (bicyclic) bond motifs is 1. The number of carbonyl (C=O) groups is 1. The number of likely N-dealkylation sites (N-methyl/N-ethyl adjacent to an activating group) is 1. The van der Waals surface area contributed by atoms with Crippen molar-refractivity contribution < 1.29 is 4.79 Å². The number of hydrogen-bond donors (Lipinski definition) is 1. The molecule has 1 fully saturated rings.